The maximum absolute atomic E-state index is 11.3. The zero-order valence-electron chi connectivity index (χ0n) is 11.3. The molecule has 1 aromatic carbocycles. The van der Waals surface area contributed by atoms with Crippen LogP contribution >= 0.6 is 11.6 Å². The quantitative estimate of drug-likeness (QED) is 0.597. The van der Waals surface area contributed by atoms with Crippen molar-refractivity contribution in [3.63, 3.8) is 0 Å². The topological polar surface area (TPSA) is 46.6 Å². The number of rotatable bonds is 6. The van der Waals surface area contributed by atoms with Crippen molar-refractivity contribution in [1.82, 2.24) is 0 Å². The van der Waals surface area contributed by atoms with Gasteiger partial charge >= 0.3 is 5.97 Å². The lowest BCUT2D eigenvalue weighted by Crippen LogP contribution is -2.31. The van der Waals surface area contributed by atoms with Crippen molar-refractivity contribution in [3.05, 3.63) is 41.6 Å². The van der Waals surface area contributed by atoms with Gasteiger partial charge in [-0.15, -0.1) is 0 Å². The molecule has 0 atom stereocenters. The average molecular weight is 294 g/mol. The Morgan fingerprint density at radius 1 is 1.30 bits per heavy atom. The largest absolute Gasteiger partial charge is 0.466 e. The molecular weight excluding hydrogens is 278 g/mol. The predicted octanol–water partition coefficient (Wildman–Crippen LogP) is 2.65. The van der Waals surface area contributed by atoms with E-state index in [4.69, 9.17) is 16.3 Å². The summed E-state index contributed by atoms with van der Waals surface area (Å²) in [5.41, 5.74) is 2.71. The number of halogens is 1. The summed E-state index contributed by atoms with van der Waals surface area (Å²) in [5, 5.41) is -0.396. The Bertz CT molecular complexity index is 537. The van der Waals surface area contributed by atoms with Crippen molar-refractivity contribution in [2.45, 2.75) is 19.8 Å². The van der Waals surface area contributed by atoms with Crippen LogP contribution in [0, 0.1) is 0 Å². The Kier molecular flexibility index (Phi) is 4.79. The van der Waals surface area contributed by atoms with Gasteiger partial charge in [0.05, 0.1) is 13.2 Å². The smallest absolute Gasteiger partial charge is 0.306 e. The molecule has 0 N–H and O–H groups in total. The lowest BCUT2D eigenvalue weighted by molar-refractivity contribution is -0.143. The normalized spacial score (nSPS) is 13.5. The Hall–Kier alpha value is -1.81. The molecule has 4 nitrogen and oxygen atoms in total. The molecule has 0 fully saturated rings. The van der Waals surface area contributed by atoms with Gasteiger partial charge in [-0.05, 0) is 42.6 Å². The summed E-state index contributed by atoms with van der Waals surface area (Å²) >= 11 is 5.38. The SMILES string of the molecule is CCOC(=O)CCc1ccc(N2C=C(C(=O)Cl)C2)cc1. The maximum Gasteiger partial charge on any atom is 0.306 e. The highest BCUT2D eigenvalue weighted by Gasteiger charge is 2.21. The minimum Gasteiger partial charge on any atom is -0.466 e. The molecule has 0 spiro atoms. The number of benzene rings is 1. The van der Waals surface area contributed by atoms with Crippen LogP contribution in [0.15, 0.2) is 36.0 Å². The second-order valence-corrected chi connectivity index (χ2v) is 4.87. The number of hydrogen-bond donors (Lipinski definition) is 0. The highest BCUT2D eigenvalue weighted by Crippen LogP contribution is 2.25. The van der Waals surface area contributed by atoms with E-state index in [1.807, 2.05) is 29.2 Å². The molecule has 0 aliphatic carbocycles. The van der Waals surface area contributed by atoms with Gasteiger partial charge in [-0.1, -0.05) is 12.1 Å². The number of anilines is 1. The van der Waals surface area contributed by atoms with Crippen LogP contribution in [0.4, 0.5) is 5.69 Å². The summed E-state index contributed by atoms with van der Waals surface area (Å²) in [5.74, 6) is -0.174. The molecule has 0 saturated carbocycles. The fraction of sp³-hybridized carbons (Fsp3) is 0.333. The third-order valence-corrected chi connectivity index (χ3v) is 3.34. The molecule has 0 unspecified atom stereocenters. The Morgan fingerprint density at radius 2 is 1.95 bits per heavy atom. The molecule has 0 bridgehead atoms. The number of carbonyl (C=O) groups excluding carboxylic acids is 2. The van der Waals surface area contributed by atoms with E-state index in [1.165, 1.54) is 0 Å². The van der Waals surface area contributed by atoms with E-state index in [9.17, 15) is 9.59 Å². The van der Waals surface area contributed by atoms with Gasteiger partial charge in [0.2, 0.25) is 0 Å². The first kappa shape index (κ1) is 14.6. The third-order valence-electron chi connectivity index (χ3n) is 3.10. The molecule has 1 aliphatic rings. The molecule has 1 aromatic rings. The summed E-state index contributed by atoms with van der Waals surface area (Å²) in [4.78, 5) is 24.1. The summed E-state index contributed by atoms with van der Waals surface area (Å²) < 4.78 is 4.89. The fourth-order valence-electron chi connectivity index (χ4n) is 1.96. The van der Waals surface area contributed by atoms with Crippen LogP contribution in [0.3, 0.4) is 0 Å². The lowest BCUT2D eigenvalue weighted by Gasteiger charge is -2.29. The van der Waals surface area contributed by atoms with Crippen molar-refractivity contribution in [3.8, 4) is 0 Å². The van der Waals surface area contributed by atoms with Crippen LogP contribution in [0.1, 0.15) is 18.9 Å². The van der Waals surface area contributed by atoms with Crippen LogP contribution < -0.4 is 4.90 Å². The fourth-order valence-corrected chi connectivity index (χ4v) is 2.07. The average Bonchev–Trinajstić information content (AvgIpc) is 2.36. The molecule has 0 radical (unpaired) electrons. The zero-order valence-corrected chi connectivity index (χ0v) is 12.0. The second kappa shape index (κ2) is 6.57. The van der Waals surface area contributed by atoms with E-state index in [0.717, 1.165) is 11.3 Å². The van der Waals surface area contributed by atoms with Crippen LogP contribution in [-0.2, 0) is 20.7 Å². The van der Waals surface area contributed by atoms with Crippen LogP contribution in [0.5, 0.6) is 0 Å². The molecule has 106 valence electrons. The van der Waals surface area contributed by atoms with E-state index in [-0.39, 0.29) is 5.97 Å². The number of aryl methyl sites for hydroxylation is 1. The minimum absolute atomic E-state index is 0.174. The van der Waals surface area contributed by atoms with Gasteiger partial charge in [-0.2, -0.15) is 0 Å². The lowest BCUT2D eigenvalue weighted by atomic mass is 10.1. The summed E-state index contributed by atoms with van der Waals surface area (Å²) in [6.07, 6.45) is 2.80. The summed E-state index contributed by atoms with van der Waals surface area (Å²) in [6.45, 7) is 2.76. The zero-order chi connectivity index (χ0) is 14.5. The minimum atomic E-state index is -0.396. The molecular formula is C15H16ClNO3. The van der Waals surface area contributed by atoms with Gasteiger partial charge in [0.25, 0.3) is 5.24 Å². The molecule has 5 heteroatoms. The monoisotopic (exact) mass is 293 g/mol. The first-order valence-corrected chi connectivity index (χ1v) is 6.89. The van der Waals surface area contributed by atoms with Crippen LogP contribution in [-0.4, -0.2) is 24.4 Å². The molecule has 2 rings (SSSR count). The first-order chi connectivity index (χ1) is 9.60. The van der Waals surface area contributed by atoms with Crippen molar-refractivity contribution >= 4 is 28.5 Å². The van der Waals surface area contributed by atoms with E-state index < -0.39 is 5.24 Å². The first-order valence-electron chi connectivity index (χ1n) is 6.52. The van der Waals surface area contributed by atoms with Gasteiger partial charge in [0, 0.05) is 23.9 Å². The van der Waals surface area contributed by atoms with Crippen LogP contribution in [0.25, 0.3) is 0 Å². The maximum atomic E-state index is 11.3. The Morgan fingerprint density at radius 3 is 2.50 bits per heavy atom. The number of carbonyl (C=O) groups is 2. The highest BCUT2D eigenvalue weighted by molar-refractivity contribution is 6.68. The number of ether oxygens (including phenoxy) is 1. The number of hydrogen-bond acceptors (Lipinski definition) is 4. The van der Waals surface area contributed by atoms with E-state index >= 15 is 0 Å². The Balaban J connectivity index is 1.88. The van der Waals surface area contributed by atoms with Gasteiger partial charge in [0.15, 0.2) is 0 Å². The highest BCUT2D eigenvalue weighted by atomic mass is 35.5. The predicted molar refractivity (Wildman–Crippen MR) is 77.7 cm³/mol. The molecule has 20 heavy (non-hydrogen) atoms. The molecule has 0 amide bonds. The summed E-state index contributed by atoms with van der Waals surface area (Å²) in [7, 11) is 0. The standard InChI is InChI=1S/C15H16ClNO3/c1-2-20-14(18)8-5-11-3-6-13(7-4-11)17-9-12(10-17)15(16)19/h3-4,6-7,9H,2,5,8,10H2,1H3. The number of nitrogens with zero attached hydrogens (tertiary/aromatic N) is 1. The van der Waals surface area contributed by atoms with Crippen LogP contribution in [0.2, 0.25) is 0 Å². The van der Waals surface area contributed by atoms with Crippen molar-refractivity contribution in [1.29, 1.82) is 0 Å². The van der Waals surface area contributed by atoms with Crippen molar-refractivity contribution < 1.29 is 14.3 Å². The van der Waals surface area contributed by atoms with Gasteiger partial charge in [-0.25, -0.2) is 0 Å². The third kappa shape index (κ3) is 3.61. The molecule has 0 saturated heterocycles. The van der Waals surface area contributed by atoms with E-state index in [0.29, 0.717) is 31.6 Å². The van der Waals surface area contributed by atoms with E-state index in [1.54, 1.807) is 13.1 Å². The van der Waals surface area contributed by atoms with Crippen molar-refractivity contribution in [2.24, 2.45) is 0 Å². The summed E-state index contributed by atoms with van der Waals surface area (Å²) in [6, 6.07) is 7.88. The second-order valence-electron chi connectivity index (χ2n) is 4.53. The molecule has 1 heterocycles. The van der Waals surface area contributed by atoms with Gasteiger partial charge < -0.3 is 9.64 Å². The van der Waals surface area contributed by atoms with Crippen molar-refractivity contribution in [2.75, 3.05) is 18.1 Å². The van der Waals surface area contributed by atoms with Gasteiger partial charge in [0.1, 0.15) is 0 Å². The van der Waals surface area contributed by atoms with Gasteiger partial charge in [-0.3, -0.25) is 9.59 Å². The van der Waals surface area contributed by atoms with E-state index in [2.05, 4.69) is 0 Å². The molecule has 0 aromatic heterocycles. The number of esters is 1. The molecule has 1 aliphatic heterocycles. The Labute approximate surface area is 123 Å².